The van der Waals surface area contributed by atoms with Crippen LogP contribution in [0.2, 0.25) is 0 Å². The van der Waals surface area contributed by atoms with Crippen LogP contribution in [0.3, 0.4) is 0 Å². The molecule has 1 aromatic heterocycles. The zero-order chi connectivity index (χ0) is 14.8. The van der Waals surface area contributed by atoms with Crippen LogP contribution in [0.15, 0.2) is 16.3 Å². The van der Waals surface area contributed by atoms with Crippen LogP contribution in [0.25, 0.3) is 0 Å². The maximum atomic E-state index is 12.4. The average Bonchev–Trinajstić information content (AvgIpc) is 3.11. The second-order valence-corrected chi connectivity index (χ2v) is 8.46. The van der Waals surface area contributed by atoms with Crippen LogP contribution in [0.5, 0.6) is 0 Å². The molecule has 4 nitrogen and oxygen atoms in total. The fourth-order valence-corrected chi connectivity index (χ4v) is 4.68. The van der Waals surface area contributed by atoms with Gasteiger partial charge in [-0.25, -0.2) is 13.1 Å². The highest BCUT2D eigenvalue weighted by Crippen LogP contribution is 2.24. The molecule has 1 saturated carbocycles. The Hall–Kier alpha value is -0.430. The van der Waals surface area contributed by atoms with Crippen molar-refractivity contribution in [2.75, 3.05) is 0 Å². The topological polar surface area (TPSA) is 58.2 Å². The third-order valence-corrected chi connectivity index (χ3v) is 6.73. The number of hydrogen-bond acceptors (Lipinski definition) is 4. The maximum absolute atomic E-state index is 12.4. The molecule has 1 aliphatic rings. The maximum Gasteiger partial charge on any atom is 0.241 e. The minimum Gasteiger partial charge on any atom is -0.309 e. The predicted molar refractivity (Wildman–Crippen MR) is 83.5 cm³/mol. The monoisotopic (exact) mass is 316 g/mol. The molecule has 20 heavy (non-hydrogen) atoms. The van der Waals surface area contributed by atoms with Gasteiger partial charge >= 0.3 is 0 Å². The van der Waals surface area contributed by atoms with Gasteiger partial charge < -0.3 is 5.32 Å². The summed E-state index contributed by atoms with van der Waals surface area (Å²) in [4.78, 5) is 1.47. The molecule has 6 heteroatoms. The molecule has 0 unspecified atom stereocenters. The normalized spacial score (nSPS) is 16.6. The summed E-state index contributed by atoms with van der Waals surface area (Å²) in [7, 11) is -3.41. The van der Waals surface area contributed by atoms with Gasteiger partial charge in [0.2, 0.25) is 10.0 Å². The van der Waals surface area contributed by atoms with E-state index in [0.717, 1.165) is 24.3 Å². The number of hydrogen-bond donors (Lipinski definition) is 2. The van der Waals surface area contributed by atoms with Gasteiger partial charge in [-0.2, -0.15) is 0 Å². The van der Waals surface area contributed by atoms with Crippen LogP contribution in [-0.4, -0.2) is 20.0 Å². The van der Waals surface area contributed by atoms with Crippen LogP contribution < -0.4 is 10.0 Å². The van der Waals surface area contributed by atoms with Gasteiger partial charge in [0.25, 0.3) is 0 Å². The minimum atomic E-state index is -3.41. The zero-order valence-corrected chi connectivity index (χ0v) is 14.0. The summed E-state index contributed by atoms with van der Waals surface area (Å²) in [6.45, 7) is 6.73. The fourth-order valence-electron chi connectivity index (χ4n) is 1.90. The second kappa shape index (κ2) is 6.13. The molecule has 0 aliphatic heterocycles. The molecule has 1 fully saturated rings. The first kappa shape index (κ1) is 15.9. The van der Waals surface area contributed by atoms with E-state index >= 15 is 0 Å². The van der Waals surface area contributed by atoms with Crippen LogP contribution in [0, 0.1) is 0 Å². The van der Waals surface area contributed by atoms with Crippen LogP contribution in [-0.2, 0) is 16.6 Å². The average molecular weight is 316 g/mol. The van der Waals surface area contributed by atoms with E-state index in [1.807, 2.05) is 20.8 Å². The van der Waals surface area contributed by atoms with E-state index < -0.39 is 10.0 Å². The quantitative estimate of drug-likeness (QED) is 0.775. The molecule has 0 bridgehead atoms. The molecule has 114 valence electrons. The van der Waals surface area contributed by atoms with Crippen molar-refractivity contribution in [1.82, 2.24) is 10.0 Å². The first-order valence-electron chi connectivity index (χ1n) is 7.23. The molecule has 0 atom stereocenters. The Morgan fingerprint density at radius 3 is 2.55 bits per heavy atom. The molecular weight excluding hydrogens is 292 g/mol. The lowest BCUT2D eigenvalue weighted by molar-refractivity contribution is 0.389. The summed E-state index contributed by atoms with van der Waals surface area (Å²) in [6, 6.07) is 2.42. The highest BCUT2D eigenvalue weighted by Gasteiger charge is 2.28. The van der Waals surface area contributed by atoms with Crippen LogP contribution in [0.1, 0.15) is 51.3 Å². The molecule has 1 aliphatic carbocycles. The first-order valence-corrected chi connectivity index (χ1v) is 9.59. The summed E-state index contributed by atoms with van der Waals surface area (Å²) in [5, 5.41) is 5.14. The van der Waals surface area contributed by atoms with Crippen molar-refractivity contribution in [2.45, 2.75) is 69.5 Å². The van der Waals surface area contributed by atoms with Gasteiger partial charge in [0.05, 0.1) is 4.90 Å². The van der Waals surface area contributed by atoms with Gasteiger partial charge in [0.15, 0.2) is 0 Å². The number of sulfonamides is 1. The smallest absolute Gasteiger partial charge is 0.241 e. The highest BCUT2D eigenvalue weighted by atomic mass is 32.2. The zero-order valence-electron chi connectivity index (χ0n) is 12.4. The Bertz CT molecular complexity index is 543. The standard InChI is InChI=1S/C14H24N2O2S2/c1-4-14(3,5-2)16-20(17,18)13-8-12(19-10-13)9-15-11-6-7-11/h8,10-11,15-16H,4-7,9H2,1-3H3. The molecule has 1 heterocycles. The van der Waals surface area contributed by atoms with Gasteiger partial charge in [0, 0.05) is 28.4 Å². The molecule has 0 spiro atoms. The van der Waals surface area contributed by atoms with Gasteiger partial charge in [-0.1, -0.05) is 13.8 Å². The fraction of sp³-hybridized carbons (Fsp3) is 0.714. The number of thiophene rings is 1. The highest BCUT2D eigenvalue weighted by molar-refractivity contribution is 7.89. The van der Waals surface area contributed by atoms with Crippen molar-refractivity contribution in [3.8, 4) is 0 Å². The lowest BCUT2D eigenvalue weighted by atomic mass is 9.98. The predicted octanol–water partition coefficient (Wildman–Crippen LogP) is 2.86. The Morgan fingerprint density at radius 1 is 1.35 bits per heavy atom. The second-order valence-electron chi connectivity index (χ2n) is 5.78. The SMILES string of the molecule is CCC(C)(CC)NS(=O)(=O)c1csc(CNC2CC2)c1. The number of nitrogens with one attached hydrogen (secondary N) is 2. The van der Waals surface area contributed by atoms with E-state index in [0.29, 0.717) is 10.9 Å². The summed E-state index contributed by atoms with van der Waals surface area (Å²) >= 11 is 1.51. The largest absolute Gasteiger partial charge is 0.309 e. The Kier molecular flexibility index (Phi) is 4.89. The van der Waals surface area contributed by atoms with Gasteiger partial charge in [-0.15, -0.1) is 11.3 Å². The number of rotatable bonds is 8. The van der Waals surface area contributed by atoms with E-state index in [4.69, 9.17) is 0 Å². The molecule has 0 radical (unpaired) electrons. The van der Waals surface area contributed by atoms with E-state index in [9.17, 15) is 8.42 Å². The molecule has 0 amide bonds. The van der Waals surface area contributed by atoms with Crippen molar-refractivity contribution >= 4 is 21.4 Å². The molecule has 2 N–H and O–H groups in total. The summed E-state index contributed by atoms with van der Waals surface area (Å²) in [6.07, 6.45) is 4.04. The Labute approximate surface area is 126 Å². The Morgan fingerprint density at radius 2 is 2.00 bits per heavy atom. The molecule has 0 aromatic carbocycles. The summed E-state index contributed by atoms with van der Waals surface area (Å²) < 4.78 is 27.6. The van der Waals surface area contributed by atoms with E-state index in [1.54, 1.807) is 11.4 Å². The lowest BCUT2D eigenvalue weighted by Gasteiger charge is -2.27. The van der Waals surface area contributed by atoms with Crippen molar-refractivity contribution < 1.29 is 8.42 Å². The minimum absolute atomic E-state index is 0.368. The van der Waals surface area contributed by atoms with E-state index in [2.05, 4.69) is 10.0 Å². The molecule has 0 saturated heterocycles. The molecular formula is C14H24N2O2S2. The summed E-state index contributed by atoms with van der Waals surface area (Å²) in [5.41, 5.74) is -0.368. The van der Waals surface area contributed by atoms with Gasteiger partial charge in [-0.3, -0.25) is 0 Å². The van der Waals surface area contributed by atoms with Crippen molar-refractivity contribution in [1.29, 1.82) is 0 Å². The third kappa shape index (κ3) is 4.04. The molecule has 1 aromatic rings. The van der Waals surface area contributed by atoms with Crippen LogP contribution in [0.4, 0.5) is 0 Å². The summed E-state index contributed by atoms with van der Waals surface area (Å²) in [5.74, 6) is 0. The van der Waals surface area contributed by atoms with Crippen molar-refractivity contribution in [3.63, 3.8) is 0 Å². The van der Waals surface area contributed by atoms with E-state index in [-0.39, 0.29) is 5.54 Å². The Balaban J connectivity index is 2.04. The van der Waals surface area contributed by atoms with Crippen molar-refractivity contribution in [2.24, 2.45) is 0 Å². The van der Waals surface area contributed by atoms with E-state index in [1.165, 1.54) is 24.2 Å². The molecule has 2 rings (SSSR count). The van der Waals surface area contributed by atoms with Gasteiger partial charge in [0.1, 0.15) is 0 Å². The first-order chi connectivity index (χ1) is 9.38. The van der Waals surface area contributed by atoms with Gasteiger partial charge in [-0.05, 0) is 38.7 Å². The lowest BCUT2D eigenvalue weighted by Crippen LogP contribution is -2.44. The van der Waals surface area contributed by atoms with Crippen LogP contribution >= 0.6 is 11.3 Å². The van der Waals surface area contributed by atoms with Crippen molar-refractivity contribution in [3.05, 3.63) is 16.3 Å². The third-order valence-electron chi connectivity index (χ3n) is 4.02.